The Balaban J connectivity index is 2.68. The third kappa shape index (κ3) is 6.63. The molecule has 21 heavy (non-hydrogen) atoms. The summed E-state index contributed by atoms with van der Waals surface area (Å²) in [6.07, 6.45) is 0.0410. The number of nitrogens with one attached hydrogen (secondary N) is 1. The highest BCUT2D eigenvalue weighted by Gasteiger charge is 2.19. The quantitative estimate of drug-likeness (QED) is 0.784. The van der Waals surface area contributed by atoms with Crippen LogP contribution in [0.25, 0.3) is 0 Å². The maximum Gasteiger partial charge on any atom is 0.347 e. The third-order valence-electron chi connectivity index (χ3n) is 2.92. The van der Waals surface area contributed by atoms with Gasteiger partial charge in [0, 0.05) is 12.1 Å². The molecular weight excluding hydrogens is 266 g/mol. The van der Waals surface area contributed by atoms with Crippen molar-refractivity contribution < 1.29 is 14.3 Å². The number of hydrogen-bond acceptors (Lipinski definition) is 4. The van der Waals surface area contributed by atoms with Crippen LogP contribution in [0, 0.1) is 0 Å². The molecule has 1 rings (SSSR count). The van der Waals surface area contributed by atoms with Crippen LogP contribution in [0.5, 0.6) is 5.75 Å². The second-order valence-electron chi connectivity index (χ2n) is 6.02. The van der Waals surface area contributed by atoms with Crippen molar-refractivity contribution in [2.75, 3.05) is 6.61 Å². The van der Waals surface area contributed by atoms with Crippen molar-refractivity contribution in [3.05, 3.63) is 29.8 Å². The van der Waals surface area contributed by atoms with Crippen LogP contribution in [0.2, 0.25) is 0 Å². The molecule has 0 aliphatic rings. The Hall–Kier alpha value is -1.55. The normalized spacial score (nSPS) is 12.8. The van der Waals surface area contributed by atoms with Crippen molar-refractivity contribution in [1.29, 1.82) is 0 Å². The molecule has 1 aromatic carbocycles. The fraction of sp³-hybridized carbons (Fsp3) is 0.588. The molecule has 0 aliphatic heterocycles. The number of esters is 1. The molecular formula is C17H27NO3. The minimum atomic E-state index is -0.546. The summed E-state index contributed by atoms with van der Waals surface area (Å²) in [5, 5.41) is 3.43. The summed E-state index contributed by atoms with van der Waals surface area (Å²) in [6.45, 7) is 11.2. The van der Waals surface area contributed by atoms with Crippen LogP contribution in [0.15, 0.2) is 24.3 Å². The molecule has 4 heteroatoms. The molecule has 0 bridgehead atoms. The summed E-state index contributed by atoms with van der Waals surface area (Å²) in [4.78, 5) is 11.8. The number of rotatable bonds is 7. The van der Waals surface area contributed by atoms with E-state index in [9.17, 15) is 4.79 Å². The molecule has 1 atom stereocenters. The lowest BCUT2D eigenvalue weighted by Gasteiger charge is -2.21. The van der Waals surface area contributed by atoms with Crippen LogP contribution < -0.4 is 10.1 Å². The highest BCUT2D eigenvalue weighted by atomic mass is 16.6. The molecule has 1 unspecified atom stereocenters. The van der Waals surface area contributed by atoms with Gasteiger partial charge in [-0.1, -0.05) is 19.1 Å². The average molecular weight is 293 g/mol. The van der Waals surface area contributed by atoms with Crippen molar-refractivity contribution in [3.8, 4) is 5.75 Å². The standard InChI is InChI=1S/C17H27NO3/c1-6-15(16(19)20-7-2)21-14-10-8-9-13(11-14)12-18-17(3,4)5/h8-11,15,18H,6-7,12H2,1-5H3. The fourth-order valence-corrected chi connectivity index (χ4v) is 1.79. The first kappa shape index (κ1) is 17.5. The van der Waals surface area contributed by atoms with Gasteiger partial charge >= 0.3 is 5.97 Å². The van der Waals surface area contributed by atoms with Gasteiger partial charge in [0.1, 0.15) is 5.75 Å². The van der Waals surface area contributed by atoms with Gasteiger partial charge in [-0.15, -0.1) is 0 Å². The van der Waals surface area contributed by atoms with Crippen molar-refractivity contribution in [2.24, 2.45) is 0 Å². The van der Waals surface area contributed by atoms with Crippen LogP contribution in [-0.4, -0.2) is 24.2 Å². The number of ether oxygens (including phenoxy) is 2. The zero-order valence-corrected chi connectivity index (χ0v) is 13.7. The largest absolute Gasteiger partial charge is 0.479 e. The minimum absolute atomic E-state index is 0.0632. The van der Waals surface area contributed by atoms with Crippen LogP contribution in [0.3, 0.4) is 0 Å². The maximum atomic E-state index is 11.8. The fourth-order valence-electron chi connectivity index (χ4n) is 1.79. The summed E-state index contributed by atoms with van der Waals surface area (Å²) >= 11 is 0. The zero-order chi connectivity index (χ0) is 15.9. The molecule has 0 aromatic heterocycles. The van der Waals surface area contributed by atoms with Gasteiger partial charge in [-0.3, -0.25) is 0 Å². The monoisotopic (exact) mass is 293 g/mol. The van der Waals surface area contributed by atoms with E-state index in [1.807, 2.05) is 31.2 Å². The Bertz CT molecular complexity index is 452. The average Bonchev–Trinajstić information content (AvgIpc) is 2.42. The van der Waals surface area contributed by atoms with E-state index in [0.717, 1.165) is 12.1 Å². The maximum absolute atomic E-state index is 11.8. The second kappa shape index (κ2) is 8.03. The van der Waals surface area contributed by atoms with E-state index < -0.39 is 6.10 Å². The molecule has 0 spiro atoms. The molecule has 1 aromatic rings. The molecule has 0 heterocycles. The van der Waals surface area contributed by atoms with Gasteiger partial charge in [0.2, 0.25) is 0 Å². The van der Waals surface area contributed by atoms with E-state index in [1.54, 1.807) is 6.92 Å². The Labute approximate surface area is 127 Å². The molecule has 0 saturated carbocycles. The van der Waals surface area contributed by atoms with Gasteiger partial charge in [-0.25, -0.2) is 4.79 Å². The number of carbonyl (C=O) groups excluding carboxylic acids is 1. The van der Waals surface area contributed by atoms with Crippen molar-refractivity contribution in [2.45, 2.75) is 59.2 Å². The number of benzene rings is 1. The van der Waals surface area contributed by atoms with E-state index in [1.165, 1.54) is 0 Å². The number of hydrogen-bond donors (Lipinski definition) is 1. The molecule has 0 aliphatic carbocycles. The van der Waals surface area contributed by atoms with Gasteiger partial charge in [-0.05, 0) is 51.8 Å². The SMILES string of the molecule is CCOC(=O)C(CC)Oc1cccc(CNC(C)(C)C)c1. The number of carbonyl (C=O) groups is 1. The third-order valence-corrected chi connectivity index (χ3v) is 2.92. The van der Waals surface area contributed by atoms with Crippen molar-refractivity contribution >= 4 is 5.97 Å². The lowest BCUT2D eigenvalue weighted by molar-refractivity contribution is -0.151. The highest BCUT2D eigenvalue weighted by molar-refractivity contribution is 5.75. The van der Waals surface area contributed by atoms with Crippen LogP contribution in [0.4, 0.5) is 0 Å². The Morgan fingerprint density at radius 3 is 2.57 bits per heavy atom. The summed E-state index contributed by atoms with van der Waals surface area (Å²) in [7, 11) is 0. The van der Waals surface area contributed by atoms with Gasteiger partial charge < -0.3 is 14.8 Å². The molecule has 4 nitrogen and oxygen atoms in total. The van der Waals surface area contributed by atoms with E-state index >= 15 is 0 Å². The van der Waals surface area contributed by atoms with Crippen LogP contribution >= 0.6 is 0 Å². The Kier molecular flexibility index (Phi) is 6.69. The van der Waals surface area contributed by atoms with Gasteiger partial charge in [0.25, 0.3) is 0 Å². The van der Waals surface area contributed by atoms with E-state index in [4.69, 9.17) is 9.47 Å². The lowest BCUT2D eigenvalue weighted by Crippen LogP contribution is -2.35. The molecule has 0 radical (unpaired) electrons. The molecule has 0 saturated heterocycles. The Morgan fingerprint density at radius 2 is 2.00 bits per heavy atom. The van der Waals surface area contributed by atoms with E-state index in [2.05, 4.69) is 26.1 Å². The first-order valence-electron chi connectivity index (χ1n) is 7.53. The highest BCUT2D eigenvalue weighted by Crippen LogP contribution is 2.17. The van der Waals surface area contributed by atoms with E-state index in [-0.39, 0.29) is 11.5 Å². The smallest absolute Gasteiger partial charge is 0.347 e. The topological polar surface area (TPSA) is 47.6 Å². The first-order valence-corrected chi connectivity index (χ1v) is 7.53. The van der Waals surface area contributed by atoms with Crippen molar-refractivity contribution in [1.82, 2.24) is 5.32 Å². The van der Waals surface area contributed by atoms with Crippen LogP contribution in [0.1, 0.15) is 46.6 Å². The van der Waals surface area contributed by atoms with Gasteiger partial charge in [0.15, 0.2) is 6.10 Å². The van der Waals surface area contributed by atoms with Crippen LogP contribution in [-0.2, 0) is 16.1 Å². The molecule has 0 fully saturated rings. The summed E-state index contributed by atoms with van der Waals surface area (Å²) in [5.41, 5.74) is 1.19. The van der Waals surface area contributed by atoms with Gasteiger partial charge in [-0.2, -0.15) is 0 Å². The second-order valence-corrected chi connectivity index (χ2v) is 6.02. The lowest BCUT2D eigenvalue weighted by atomic mass is 10.1. The zero-order valence-electron chi connectivity index (χ0n) is 13.7. The minimum Gasteiger partial charge on any atom is -0.479 e. The van der Waals surface area contributed by atoms with Gasteiger partial charge in [0.05, 0.1) is 6.61 Å². The molecule has 118 valence electrons. The van der Waals surface area contributed by atoms with E-state index in [0.29, 0.717) is 18.8 Å². The predicted octanol–water partition coefficient (Wildman–Crippen LogP) is 3.30. The summed E-state index contributed by atoms with van der Waals surface area (Å²) < 4.78 is 10.8. The molecule has 0 amide bonds. The molecule has 1 N–H and O–H groups in total. The summed E-state index contributed by atoms with van der Waals surface area (Å²) in [6, 6.07) is 7.80. The first-order chi connectivity index (χ1) is 9.85. The van der Waals surface area contributed by atoms with Crippen molar-refractivity contribution in [3.63, 3.8) is 0 Å². The Morgan fingerprint density at radius 1 is 1.29 bits per heavy atom. The predicted molar refractivity (Wildman–Crippen MR) is 84.4 cm³/mol. The summed E-state index contributed by atoms with van der Waals surface area (Å²) in [5.74, 6) is 0.390.